The van der Waals surface area contributed by atoms with Crippen LogP contribution in [0.3, 0.4) is 0 Å². The zero-order valence-electron chi connectivity index (χ0n) is 21.0. The van der Waals surface area contributed by atoms with Crippen molar-refractivity contribution >= 4 is 0 Å². The molecule has 0 aromatic carbocycles. The number of hydrogen-bond acceptors (Lipinski definition) is 0. The van der Waals surface area contributed by atoms with E-state index in [1.807, 2.05) is 0 Å². The van der Waals surface area contributed by atoms with Crippen LogP contribution in [-0.2, 0) is 17.4 Å². The molecule has 3 heteroatoms. The van der Waals surface area contributed by atoms with Gasteiger partial charge in [0.2, 0.25) is 0 Å². The second kappa shape index (κ2) is 37.9. The summed E-state index contributed by atoms with van der Waals surface area (Å²) in [6.07, 6.45) is 5.33. The number of hydrogen-bond donors (Lipinski definition) is 0. The van der Waals surface area contributed by atoms with Gasteiger partial charge in [-0.3, -0.25) is 0 Å². The largest absolute Gasteiger partial charge is 0.434 e. The van der Waals surface area contributed by atoms with Gasteiger partial charge >= 0.3 is 0 Å². The molecule has 0 amide bonds. The smallest absolute Gasteiger partial charge is 0.145 e. The molecule has 0 atom stereocenters. The summed E-state index contributed by atoms with van der Waals surface area (Å²) < 4.78 is 8.17. The third-order valence-electron chi connectivity index (χ3n) is 1.76. The molecule has 2 aliphatic heterocycles. The van der Waals surface area contributed by atoms with Crippen LogP contribution >= 0.6 is 0 Å². The third-order valence-corrected chi connectivity index (χ3v) is 1.76. The molecule has 174 valence electrons. The molecule has 2 N–H and O–H groups in total. The zero-order chi connectivity index (χ0) is 21.4. The maximum absolute atomic E-state index is 4.08. The average Bonchev–Trinajstić information content (AvgIpc) is 3.16. The summed E-state index contributed by atoms with van der Waals surface area (Å²) in [4.78, 5) is 0. The second-order valence-corrected chi connectivity index (χ2v) is 8.76. The summed E-state index contributed by atoms with van der Waals surface area (Å²) in [5, 5.41) is 0. The molecule has 28 heavy (non-hydrogen) atoms. The minimum atomic E-state index is 0. The predicted molar refractivity (Wildman–Crippen MR) is 130 cm³/mol. The van der Waals surface area contributed by atoms with Crippen molar-refractivity contribution in [2.24, 2.45) is 0 Å². The quantitative estimate of drug-likeness (QED) is 0.271. The zero-order valence-corrected chi connectivity index (χ0v) is 22.2. The van der Waals surface area contributed by atoms with E-state index in [0.29, 0.717) is 0 Å². The van der Waals surface area contributed by atoms with E-state index in [0.717, 1.165) is 26.4 Å². The molecule has 2 saturated heterocycles. The van der Waals surface area contributed by atoms with Crippen molar-refractivity contribution in [1.29, 1.82) is 0 Å². The summed E-state index contributed by atoms with van der Waals surface area (Å²) in [7, 11) is 0. The van der Waals surface area contributed by atoms with Crippen molar-refractivity contribution in [2.45, 2.75) is 116 Å². The molecule has 0 aromatic heterocycles. The van der Waals surface area contributed by atoms with E-state index in [1.54, 1.807) is 0 Å². The molecule has 2 fully saturated rings. The van der Waals surface area contributed by atoms with Gasteiger partial charge in [-0.25, -0.2) is 0 Å². The first-order valence-electron chi connectivity index (χ1n) is 10.3. The SMILES string of the molecule is C.C1CC[OH+]C1.C1CC[OH+]C1.C[C+](C)C.C[C+](C)C.C[C-](C)C.C[C-](C)C.[Cr]. The van der Waals surface area contributed by atoms with Crippen LogP contribution in [0.5, 0.6) is 0 Å². The minimum absolute atomic E-state index is 0. The van der Waals surface area contributed by atoms with Crippen molar-refractivity contribution in [3.05, 3.63) is 23.7 Å². The molecule has 2 heterocycles. The summed E-state index contributed by atoms with van der Waals surface area (Å²) in [5.74, 6) is 5.67. The molecule has 0 radical (unpaired) electrons. The molecule has 0 bridgehead atoms. The van der Waals surface area contributed by atoms with Crippen molar-refractivity contribution < 1.29 is 26.8 Å². The van der Waals surface area contributed by atoms with Gasteiger partial charge in [0.05, 0.1) is 53.4 Å². The Balaban J connectivity index is -0.0000000514. The first-order valence-corrected chi connectivity index (χ1v) is 10.3. The number of aliphatic hydroxyl groups is 4. The number of ether oxygens (including phenoxy) is 2. The van der Waals surface area contributed by atoms with Crippen LogP contribution in [0.25, 0.3) is 0 Å². The summed E-state index contributed by atoms with van der Waals surface area (Å²) in [6.45, 7) is 29.5. The Morgan fingerprint density at radius 1 is 0.500 bits per heavy atom. The van der Waals surface area contributed by atoms with Crippen LogP contribution in [0, 0.1) is 23.7 Å². The van der Waals surface area contributed by atoms with E-state index < -0.39 is 0 Å². The first kappa shape index (κ1) is 42.3. The Morgan fingerprint density at radius 2 is 0.607 bits per heavy atom. The molecule has 2 nitrogen and oxygen atoms in total. The Morgan fingerprint density at radius 3 is 0.643 bits per heavy atom. The molecule has 0 saturated carbocycles. The first-order chi connectivity index (χ1) is 11.9. The molecule has 0 aromatic rings. The van der Waals surface area contributed by atoms with Gasteiger partial charge < -0.3 is 21.3 Å². The van der Waals surface area contributed by atoms with E-state index in [2.05, 4.69) is 92.6 Å². The van der Waals surface area contributed by atoms with Crippen LogP contribution in [0.15, 0.2) is 0 Å². The Bertz CT molecular complexity index is 136. The average molecular weight is 443 g/mol. The molecule has 2 aliphatic rings. The van der Waals surface area contributed by atoms with Crippen molar-refractivity contribution in [3.8, 4) is 0 Å². The Kier molecular flexibility index (Phi) is 57.3. The van der Waals surface area contributed by atoms with E-state index >= 15 is 0 Å². The van der Waals surface area contributed by atoms with Crippen molar-refractivity contribution in [2.75, 3.05) is 26.4 Å². The normalized spacial score (nSPS) is 13.1. The van der Waals surface area contributed by atoms with Gasteiger partial charge in [0.25, 0.3) is 0 Å². The maximum Gasteiger partial charge on any atom is 0.145 e. The van der Waals surface area contributed by atoms with Crippen LogP contribution in [0.2, 0.25) is 0 Å². The molecule has 0 unspecified atom stereocenters. The van der Waals surface area contributed by atoms with Gasteiger partial charge in [-0.1, -0.05) is 7.43 Å². The standard InChI is InChI=1S/2C4H8O.4C4H9.CH4.Cr/c2*1-2-4-5-3-1;4*1-4(2)3;;/h2*1-4H2;4*1-3H3;1H4;/q;;2*-1;2*+1;;/p+2. The van der Waals surface area contributed by atoms with Gasteiger partial charge in [-0.2, -0.15) is 41.5 Å². The van der Waals surface area contributed by atoms with Gasteiger partial charge in [0.1, 0.15) is 26.4 Å². The predicted octanol–water partition coefficient (Wildman–Crippen LogP) is 7.73. The summed E-state index contributed by atoms with van der Waals surface area (Å²) >= 11 is 0. The van der Waals surface area contributed by atoms with Crippen molar-refractivity contribution in [3.63, 3.8) is 0 Å². The molecule has 0 aliphatic carbocycles. The Labute approximate surface area is 193 Å². The molecular weight excluding hydrogens is 384 g/mol. The van der Waals surface area contributed by atoms with Gasteiger partial charge in [0.15, 0.2) is 0 Å². The van der Waals surface area contributed by atoms with E-state index in [-0.39, 0.29) is 24.8 Å². The van der Waals surface area contributed by atoms with Crippen LogP contribution in [-0.4, -0.2) is 35.9 Å². The van der Waals surface area contributed by atoms with E-state index in [1.165, 1.54) is 49.4 Å². The maximum atomic E-state index is 4.08. The van der Waals surface area contributed by atoms with Crippen LogP contribution < -0.4 is 0 Å². The number of rotatable bonds is 0. The fraction of sp³-hybridized carbons (Fsp3) is 0.840. The monoisotopic (exact) mass is 442 g/mol. The van der Waals surface area contributed by atoms with E-state index in [9.17, 15) is 0 Å². The van der Waals surface area contributed by atoms with Gasteiger partial charge in [-0.15, -0.1) is 0 Å². The third kappa shape index (κ3) is 160. The molecule has 2 rings (SSSR count). The van der Waals surface area contributed by atoms with Crippen molar-refractivity contribution in [1.82, 2.24) is 0 Å². The van der Waals surface area contributed by atoms with Crippen LogP contribution in [0.4, 0.5) is 0 Å². The van der Waals surface area contributed by atoms with E-state index in [4.69, 9.17) is 0 Å². The summed E-state index contributed by atoms with van der Waals surface area (Å²) in [6, 6.07) is 0. The fourth-order valence-corrected chi connectivity index (χ4v) is 1.12. The second-order valence-electron chi connectivity index (χ2n) is 8.76. The van der Waals surface area contributed by atoms with Crippen LogP contribution in [0.1, 0.15) is 116 Å². The summed E-state index contributed by atoms with van der Waals surface area (Å²) in [5.41, 5.74) is 0. The minimum Gasteiger partial charge on any atom is -0.434 e. The topological polar surface area (TPSA) is 25.6 Å². The van der Waals surface area contributed by atoms with Gasteiger partial charge in [-0.05, 0) is 0 Å². The molecule has 0 spiro atoms. The van der Waals surface area contributed by atoms with Gasteiger partial charge in [0, 0.05) is 43.0 Å². The Hall–Kier alpha value is 0.192. The fourth-order valence-electron chi connectivity index (χ4n) is 1.12. The molecular formula is C25H58CrO2+2.